The average Bonchev–Trinajstić information content (AvgIpc) is 2.26. The summed E-state index contributed by atoms with van der Waals surface area (Å²) in [6.07, 6.45) is 4.23. The van der Waals surface area contributed by atoms with Crippen LogP contribution >= 0.6 is 11.8 Å². The lowest BCUT2D eigenvalue weighted by Crippen LogP contribution is -2.43. The fourth-order valence-corrected chi connectivity index (χ4v) is 3.33. The van der Waals surface area contributed by atoms with E-state index >= 15 is 0 Å². The van der Waals surface area contributed by atoms with E-state index in [1.165, 1.54) is 0 Å². The van der Waals surface area contributed by atoms with Gasteiger partial charge >= 0.3 is 0 Å². The highest BCUT2D eigenvalue weighted by atomic mass is 32.2. The summed E-state index contributed by atoms with van der Waals surface area (Å²) in [6.45, 7) is 2.09. The molecule has 0 aromatic carbocycles. The van der Waals surface area contributed by atoms with Crippen LogP contribution in [0.2, 0.25) is 0 Å². The van der Waals surface area contributed by atoms with E-state index < -0.39 is 5.60 Å². The Bertz CT molecular complexity index is 372. The Hall–Kier alpha value is -0.740. The third-order valence-corrected chi connectivity index (χ3v) is 4.76. The third-order valence-electron chi connectivity index (χ3n) is 3.30. The van der Waals surface area contributed by atoms with E-state index in [1.54, 1.807) is 6.20 Å². The lowest BCUT2D eigenvalue weighted by molar-refractivity contribution is 0.0298. The molecular weight excluding hydrogens is 220 g/mol. The first-order valence-electron chi connectivity index (χ1n) is 5.65. The topological polar surface area (TPSA) is 59.1 Å². The summed E-state index contributed by atoms with van der Waals surface area (Å²) in [5.74, 6) is 1.69. The largest absolute Gasteiger partial charge is 0.388 e. The number of thioether (sulfide) groups is 1. The first kappa shape index (κ1) is 11.7. The molecule has 0 aliphatic carbocycles. The Morgan fingerprint density at radius 3 is 3.19 bits per heavy atom. The first-order valence-corrected chi connectivity index (χ1v) is 6.70. The van der Waals surface area contributed by atoms with Crippen molar-refractivity contribution in [3.8, 4) is 0 Å². The quantitative estimate of drug-likeness (QED) is 0.825. The standard InChI is InChI=1S/C12H18N2OS/c1-9-12(15,5-3-7-16-9)8-10-4-2-6-14-11(10)13/h2,4,6,9,15H,3,5,7-8H2,1H3,(H2,13,14). The Morgan fingerprint density at radius 1 is 1.69 bits per heavy atom. The second kappa shape index (κ2) is 4.63. The number of nitrogens with zero attached hydrogens (tertiary/aromatic N) is 1. The van der Waals surface area contributed by atoms with Gasteiger partial charge in [0.1, 0.15) is 5.82 Å². The normalized spacial score (nSPS) is 30.2. The number of nitrogen functional groups attached to an aromatic ring is 1. The summed E-state index contributed by atoms with van der Waals surface area (Å²) in [5.41, 5.74) is 6.15. The molecule has 2 heterocycles. The van der Waals surface area contributed by atoms with Crippen LogP contribution in [-0.2, 0) is 6.42 Å². The van der Waals surface area contributed by atoms with Crippen LogP contribution in [-0.4, -0.2) is 26.7 Å². The predicted molar refractivity (Wildman–Crippen MR) is 68.5 cm³/mol. The number of hydrogen-bond acceptors (Lipinski definition) is 4. The van der Waals surface area contributed by atoms with Crippen LogP contribution in [0.1, 0.15) is 25.3 Å². The molecule has 88 valence electrons. The van der Waals surface area contributed by atoms with Gasteiger partial charge in [0.25, 0.3) is 0 Å². The molecule has 2 unspecified atom stereocenters. The van der Waals surface area contributed by atoms with Gasteiger partial charge in [-0.25, -0.2) is 4.98 Å². The molecule has 4 heteroatoms. The van der Waals surface area contributed by atoms with Crippen molar-refractivity contribution in [1.82, 2.24) is 4.98 Å². The number of hydrogen-bond donors (Lipinski definition) is 2. The van der Waals surface area contributed by atoms with Crippen molar-refractivity contribution in [2.24, 2.45) is 0 Å². The molecule has 0 saturated carbocycles. The number of pyridine rings is 1. The van der Waals surface area contributed by atoms with Crippen molar-refractivity contribution in [2.45, 2.75) is 37.0 Å². The first-order chi connectivity index (χ1) is 7.62. The summed E-state index contributed by atoms with van der Waals surface area (Å²) in [5, 5.41) is 10.9. The second-order valence-corrected chi connectivity index (χ2v) is 5.89. The van der Waals surface area contributed by atoms with Crippen LogP contribution in [0.25, 0.3) is 0 Å². The van der Waals surface area contributed by atoms with Crippen LogP contribution < -0.4 is 5.73 Å². The van der Waals surface area contributed by atoms with Gasteiger partial charge < -0.3 is 10.8 Å². The minimum atomic E-state index is -0.625. The molecule has 0 radical (unpaired) electrons. The number of aliphatic hydroxyl groups is 1. The fourth-order valence-electron chi connectivity index (χ4n) is 2.16. The maximum absolute atomic E-state index is 10.6. The molecule has 2 atom stereocenters. The lowest BCUT2D eigenvalue weighted by Gasteiger charge is -2.37. The monoisotopic (exact) mass is 238 g/mol. The van der Waals surface area contributed by atoms with Crippen molar-refractivity contribution >= 4 is 17.6 Å². The maximum Gasteiger partial charge on any atom is 0.126 e. The van der Waals surface area contributed by atoms with E-state index in [1.807, 2.05) is 23.9 Å². The van der Waals surface area contributed by atoms with Crippen LogP contribution in [0.5, 0.6) is 0 Å². The Labute approximate surface area is 100 Å². The highest BCUT2D eigenvalue weighted by molar-refractivity contribution is 8.00. The highest BCUT2D eigenvalue weighted by Crippen LogP contribution is 2.36. The van der Waals surface area contributed by atoms with Crippen molar-refractivity contribution in [3.63, 3.8) is 0 Å². The molecule has 1 saturated heterocycles. The Morgan fingerprint density at radius 2 is 2.50 bits per heavy atom. The second-order valence-electron chi connectivity index (χ2n) is 4.44. The van der Waals surface area contributed by atoms with Gasteiger partial charge in [-0.2, -0.15) is 11.8 Å². The summed E-state index contributed by atoms with van der Waals surface area (Å²) in [4.78, 5) is 4.06. The van der Waals surface area contributed by atoms with E-state index in [0.717, 1.165) is 24.2 Å². The highest BCUT2D eigenvalue weighted by Gasteiger charge is 2.37. The number of aromatic nitrogens is 1. The van der Waals surface area contributed by atoms with Gasteiger partial charge in [-0.1, -0.05) is 13.0 Å². The SMILES string of the molecule is CC1SCCCC1(O)Cc1cccnc1N. The average molecular weight is 238 g/mol. The smallest absolute Gasteiger partial charge is 0.126 e. The molecule has 3 N–H and O–H groups in total. The van der Waals surface area contributed by atoms with Crippen LogP contribution in [0.15, 0.2) is 18.3 Å². The van der Waals surface area contributed by atoms with E-state index in [0.29, 0.717) is 12.2 Å². The zero-order valence-electron chi connectivity index (χ0n) is 9.52. The maximum atomic E-state index is 10.6. The molecule has 0 amide bonds. The Kier molecular flexibility index (Phi) is 3.40. The minimum absolute atomic E-state index is 0.265. The molecule has 1 aromatic heterocycles. The molecule has 1 aromatic rings. The van der Waals surface area contributed by atoms with E-state index in [2.05, 4.69) is 11.9 Å². The molecule has 2 rings (SSSR count). The third kappa shape index (κ3) is 2.33. The van der Waals surface area contributed by atoms with Gasteiger partial charge in [-0.3, -0.25) is 0 Å². The molecular formula is C12H18N2OS. The number of rotatable bonds is 2. The summed E-state index contributed by atoms with van der Waals surface area (Å²) in [7, 11) is 0. The molecule has 1 fully saturated rings. The number of anilines is 1. The molecule has 0 bridgehead atoms. The Balaban J connectivity index is 2.16. The zero-order valence-corrected chi connectivity index (χ0v) is 10.3. The van der Waals surface area contributed by atoms with Crippen molar-refractivity contribution in [3.05, 3.63) is 23.9 Å². The zero-order chi connectivity index (χ0) is 11.6. The van der Waals surface area contributed by atoms with Crippen LogP contribution in [0.3, 0.4) is 0 Å². The van der Waals surface area contributed by atoms with E-state index in [4.69, 9.17) is 5.73 Å². The van der Waals surface area contributed by atoms with Gasteiger partial charge in [0, 0.05) is 17.9 Å². The number of nitrogens with two attached hydrogens (primary N) is 1. The van der Waals surface area contributed by atoms with Crippen molar-refractivity contribution in [2.75, 3.05) is 11.5 Å². The predicted octanol–water partition coefficient (Wildman–Crippen LogP) is 1.85. The van der Waals surface area contributed by atoms with Gasteiger partial charge in [0.15, 0.2) is 0 Å². The minimum Gasteiger partial charge on any atom is -0.388 e. The van der Waals surface area contributed by atoms with Gasteiger partial charge in [-0.05, 0) is 30.2 Å². The van der Waals surface area contributed by atoms with E-state index in [-0.39, 0.29) is 5.25 Å². The molecule has 3 nitrogen and oxygen atoms in total. The van der Waals surface area contributed by atoms with E-state index in [9.17, 15) is 5.11 Å². The fraction of sp³-hybridized carbons (Fsp3) is 0.583. The summed E-state index contributed by atoms with van der Waals surface area (Å²) >= 11 is 1.84. The van der Waals surface area contributed by atoms with Crippen LogP contribution in [0.4, 0.5) is 5.82 Å². The summed E-state index contributed by atoms with van der Waals surface area (Å²) < 4.78 is 0. The molecule has 1 aliphatic rings. The van der Waals surface area contributed by atoms with Crippen molar-refractivity contribution < 1.29 is 5.11 Å². The van der Waals surface area contributed by atoms with Gasteiger partial charge in [0.05, 0.1) is 5.60 Å². The molecule has 16 heavy (non-hydrogen) atoms. The van der Waals surface area contributed by atoms with Crippen LogP contribution in [0, 0.1) is 0 Å². The van der Waals surface area contributed by atoms with Gasteiger partial charge in [-0.15, -0.1) is 0 Å². The van der Waals surface area contributed by atoms with Crippen molar-refractivity contribution in [1.29, 1.82) is 0 Å². The summed E-state index contributed by atoms with van der Waals surface area (Å²) in [6, 6.07) is 3.82. The molecule has 1 aliphatic heterocycles. The molecule has 0 spiro atoms. The lowest BCUT2D eigenvalue weighted by atomic mass is 9.87. The van der Waals surface area contributed by atoms with Gasteiger partial charge in [0.2, 0.25) is 0 Å².